The lowest BCUT2D eigenvalue weighted by atomic mass is 10.4. The van der Waals surface area contributed by atoms with Crippen molar-refractivity contribution in [3.05, 3.63) is 28.7 Å². The first kappa shape index (κ1) is 15.1. The lowest BCUT2D eigenvalue weighted by Crippen LogP contribution is -2.25. The molecule has 0 unspecified atom stereocenters. The Hall–Kier alpha value is -0.920. The van der Waals surface area contributed by atoms with Crippen LogP contribution in [-0.2, 0) is 14.6 Å². The van der Waals surface area contributed by atoms with Gasteiger partial charge in [-0.2, -0.15) is 0 Å². The zero-order chi connectivity index (χ0) is 13.6. The van der Waals surface area contributed by atoms with Crippen LogP contribution < -0.4 is 5.32 Å². The Morgan fingerprint density at radius 2 is 1.83 bits per heavy atom. The van der Waals surface area contributed by atoms with Crippen LogP contribution in [0.5, 0.6) is 0 Å². The van der Waals surface area contributed by atoms with E-state index >= 15 is 0 Å². The number of aliphatic carboxylic acids is 1. The minimum Gasteiger partial charge on any atom is -0.481 e. The predicted octanol–water partition coefficient (Wildman–Crippen LogP) is 1.29. The van der Waals surface area contributed by atoms with E-state index in [0.717, 1.165) is 4.47 Å². The summed E-state index contributed by atoms with van der Waals surface area (Å²) in [6, 6.07) is 6.42. The molecular formula is C11H14BrNO4S. The molecule has 7 heteroatoms. The van der Waals surface area contributed by atoms with Gasteiger partial charge in [0.25, 0.3) is 0 Å². The summed E-state index contributed by atoms with van der Waals surface area (Å²) in [5, 5.41) is 11.2. The first-order chi connectivity index (χ1) is 8.42. The molecule has 0 aliphatic carbocycles. The summed E-state index contributed by atoms with van der Waals surface area (Å²) in [6.45, 7) is 0.511. The number of hydrogen-bond donors (Lipinski definition) is 2. The van der Waals surface area contributed by atoms with Crippen molar-refractivity contribution in [3.63, 3.8) is 0 Å². The minimum absolute atomic E-state index is 0.0155. The average molecular weight is 336 g/mol. The normalized spacial score (nSPS) is 11.4. The van der Waals surface area contributed by atoms with Crippen molar-refractivity contribution in [2.75, 3.05) is 18.8 Å². The Kier molecular flexibility index (Phi) is 5.77. The van der Waals surface area contributed by atoms with Gasteiger partial charge in [0.15, 0.2) is 9.84 Å². The summed E-state index contributed by atoms with van der Waals surface area (Å²) in [6.07, 6.45) is -0.0155. The van der Waals surface area contributed by atoms with Crippen LogP contribution in [0.4, 0.5) is 0 Å². The maximum Gasteiger partial charge on any atom is 0.304 e. The molecule has 0 amide bonds. The Balaban J connectivity index is 2.45. The molecule has 1 aromatic rings. The third kappa shape index (κ3) is 5.16. The van der Waals surface area contributed by atoms with E-state index in [-0.39, 0.29) is 30.2 Å². The number of rotatable bonds is 7. The van der Waals surface area contributed by atoms with Gasteiger partial charge in [0.2, 0.25) is 0 Å². The highest BCUT2D eigenvalue weighted by Crippen LogP contribution is 2.15. The molecule has 2 N–H and O–H groups in total. The second-order valence-electron chi connectivity index (χ2n) is 3.67. The van der Waals surface area contributed by atoms with E-state index in [4.69, 9.17) is 5.11 Å². The molecule has 5 nitrogen and oxygen atoms in total. The number of benzene rings is 1. The molecule has 18 heavy (non-hydrogen) atoms. The van der Waals surface area contributed by atoms with E-state index in [0.29, 0.717) is 0 Å². The standard InChI is InChI=1S/C11H14BrNO4S/c12-9-1-3-10(4-2-9)18(16,17)8-7-13-6-5-11(14)15/h1-4,13H,5-8H2,(H,14,15). The van der Waals surface area contributed by atoms with Gasteiger partial charge in [0.05, 0.1) is 17.1 Å². The monoisotopic (exact) mass is 335 g/mol. The fourth-order valence-electron chi connectivity index (χ4n) is 1.29. The first-order valence-corrected chi connectivity index (χ1v) is 7.77. The predicted molar refractivity (Wildman–Crippen MR) is 71.3 cm³/mol. The zero-order valence-corrected chi connectivity index (χ0v) is 12.0. The van der Waals surface area contributed by atoms with Crippen molar-refractivity contribution in [1.29, 1.82) is 0 Å². The summed E-state index contributed by atoms with van der Waals surface area (Å²) >= 11 is 3.24. The zero-order valence-electron chi connectivity index (χ0n) is 9.60. The second-order valence-corrected chi connectivity index (χ2v) is 6.69. The summed E-state index contributed by atoms with van der Waals surface area (Å²) in [5.74, 6) is -0.952. The van der Waals surface area contributed by atoms with Crippen molar-refractivity contribution in [2.45, 2.75) is 11.3 Å². The van der Waals surface area contributed by atoms with Gasteiger partial charge in [-0.05, 0) is 24.3 Å². The van der Waals surface area contributed by atoms with Crippen LogP contribution in [0.15, 0.2) is 33.6 Å². The third-order valence-electron chi connectivity index (χ3n) is 2.24. The van der Waals surface area contributed by atoms with Gasteiger partial charge < -0.3 is 10.4 Å². The van der Waals surface area contributed by atoms with E-state index in [9.17, 15) is 13.2 Å². The average Bonchev–Trinajstić information content (AvgIpc) is 2.28. The van der Waals surface area contributed by atoms with Crippen LogP contribution in [-0.4, -0.2) is 38.3 Å². The van der Waals surface area contributed by atoms with Crippen LogP contribution in [0, 0.1) is 0 Å². The Morgan fingerprint density at radius 3 is 2.39 bits per heavy atom. The molecule has 0 atom stereocenters. The lowest BCUT2D eigenvalue weighted by molar-refractivity contribution is -0.136. The number of carboxylic acid groups (broad SMARTS) is 1. The number of nitrogens with one attached hydrogen (secondary N) is 1. The quantitative estimate of drug-likeness (QED) is 0.733. The van der Waals surface area contributed by atoms with Crippen LogP contribution >= 0.6 is 15.9 Å². The summed E-state index contributed by atoms with van der Waals surface area (Å²) in [4.78, 5) is 10.5. The van der Waals surface area contributed by atoms with Gasteiger partial charge in [-0.15, -0.1) is 0 Å². The highest BCUT2D eigenvalue weighted by Gasteiger charge is 2.13. The molecule has 0 fully saturated rings. The van der Waals surface area contributed by atoms with Gasteiger partial charge in [-0.1, -0.05) is 15.9 Å². The largest absolute Gasteiger partial charge is 0.481 e. The smallest absolute Gasteiger partial charge is 0.304 e. The summed E-state index contributed by atoms with van der Waals surface area (Å²) < 4.78 is 24.6. The molecule has 0 bridgehead atoms. The van der Waals surface area contributed by atoms with Crippen LogP contribution in [0.25, 0.3) is 0 Å². The van der Waals surface area contributed by atoms with Gasteiger partial charge >= 0.3 is 5.97 Å². The molecule has 0 aromatic heterocycles. The molecule has 0 radical (unpaired) electrons. The molecule has 0 aliphatic heterocycles. The third-order valence-corrected chi connectivity index (χ3v) is 4.50. The Morgan fingerprint density at radius 1 is 1.22 bits per heavy atom. The van der Waals surface area contributed by atoms with Crippen LogP contribution in [0.2, 0.25) is 0 Å². The molecule has 0 spiro atoms. The fourth-order valence-corrected chi connectivity index (χ4v) is 2.75. The molecule has 0 saturated heterocycles. The van der Waals surface area contributed by atoms with Crippen LogP contribution in [0.3, 0.4) is 0 Å². The molecule has 0 aliphatic rings. The summed E-state index contributed by atoms with van der Waals surface area (Å²) in [5.41, 5.74) is 0. The number of sulfone groups is 1. The van der Waals surface area contributed by atoms with Gasteiger partial charge in [-0.25, -0.2) is 8.42 Å². The fraction of sp³-hybridized carbons (Fsp3) is 0.364. The molecule has 0 heterocycles. The van der Waals surface area contributed by atoms with E-state index in [1.54, 1.807) is 12.1 Å². The molecular weight excluding hydrogens is 322 g/mol. The minimum atomic E-state index is -3.31. The molecule has 1 aromatic carbocycles. The van der Waals surface area contributed by atoms with E-state index in [1.165, 1.54) is 12.1 Å². The van der Waals surface area contributed by atoms with Crippen molar-refractivity contribution in [3.8, 4) is 0 Å². The topological polar surface area (TPSA) is 83.5 Å². The number of carbonyl (C=O) groups is 1. The number of carboxylic acids is 1. The van der Waals surface area contributed by atoms with Gasteiger partial charge in [0.1, 0.15) is 0 Å². The van der Waals surface area contributed by atoms with Crippen molar-refractivity contribution >= 4 is 31.7 Å². The van der Waals surface area contributed by atoms with Crippen molar-refractivity contribution in [2.24, 2.45) is 0 Å². The number of hydrogen-bond acceptors (Lipinski definition) is 4. The van der Waals surface area contributed by atoms with E-state index < -0.39 is 15.8 Å². The maximum absolute atomic E-state index is 11.9. The second kappa shape index (κ2) is 6.86. The van der Waals surface area contributed by atoms with E-state index in [1.807, 2.05) is 0 Å². The molecule has 1 rings (SSSR count). The van der Waals surface area contributed by atoms with Gasteiger partial charge in [0, 0.05) is 17.6 Å². The SMILES string of the molecule is O=C(O)CCNCCS(=O)(=O)c1ccc(Br)cc1. The summed E-state index contributed by atoms with van der Waals surface area (Å²) in [7, 11) is -3.31. The highest BCUT2D eigenvalue weighted by atomic mass is 79.9. The highest BCUT2D eigenvalue weighted by molar-refractivity contribution is 9.10. The lowest BCUT2D eigenvalue weighted by Gasteiger charge is -2.05. The van der Waals surface area contributed by atoms with E-state index in [2.05, 4.69) is 21.2 Å². The first-order valence-electron chi connectivity index (χ1n) is 5.32. The van der Waals surface area contributed by atoms with Crippen molar-refractivity contribution < 1.29 is 18.3 Å². The molecule has 100 valence electrons. The maximum atomic E-state index is 11.9. The number of halogens is 1. The Labute approximate surface area is 114 Å². The Bertz CT molecular complexity index is 498. The van der Waals surface area contributed by atoms with Gasteiger partial charge in [-0.3, -0.25) is 4.79 Å². The molecule has 0 saturated carbocycles. The van der Waals surface area contributed by atoms with Crippen molar-refractivity contribution in [1.82, 2.24) is 5.32 Å². The van der Waals surface area contributed by atoms with Crippen LogP contribution in [0.1, 0.15) is 6.42 Å².